The number of fused-ring (bicyclic) bond motifs is 1. The fourth-order valence-electron chi connectivity index (χ4n) is 3.46. The average molecular weight is 360 g/mol. The summed E-state index contributed by atoms with van der Waals surface area (Å²) in [5.41, 5.74) is 2.86. The number of rotatable bonds is 4. The third-order valence-electron chi connectivity index (χ3n) is 4.84. The van der Waals surface area contributed by atoms with Gasteiger partial charge in [0.05, 0.1) is 5.69 Å². The standard InChI is InChI=1S/C21H20N4O2/c1-2-6-15(7-3-1)17-13-20(25-10-4-5-11-25)24-21(23-17)22-16-8-9-18-19(12-16)27-14-26-18/h1-3,6-9,12-13H,4-5,10-11,14H2,(H,22,23,24). The Morgan fingerprint density at radius 1 is 0.852 bits per heavy atom. The monoisotopic (exact) mass is 360 g/mol. The number of ether oxygens (including phenoxy) is 2. The van der Waals surface area contributed by atoms with Crippen LogP contribution in [0.2, 0.25) is 0 Å². The van der Waals surface area contributed by atoms with Crippen LogP contribution in [0.3, 0.4) is 0 Å². The molecule has 3 aromatic rings. The fraction of sp³-hybridized carbons (Fsp3) is 0.238. The van der Waals surface area contributed by atoms with Crippen molar-refractivity contribution in [1.82, 2.24) is 9.97 Å². The first-order chi connectivity index (χ1) is 13.3. The predicted octanol–water partition coefficient (Wildman–Crippen LogP) is 4.22. The second-order valence-corrected chi connectivity index (χ2v) is 6.69. The van der Waals surface area contributed by atoms with Crippen molar-refractivity contribution in [3.63, 3.8) is 0 Å². The molecule has 2 aliphatic heterocycles. The van der Waals surface area contributed by atoms with Gasteiger partial charge < -0.3 is 19.7 Å². The summed E-state index contributed by atoms with van der Waals surface area (Å²) >= 11 is 0. The number of hydrogen-bond donors (Lipinski definition) is 1. The molecular formula is C21H20N4O2. The van der Waals surface area contributed by atoms with Crippen molar-refractivity contribution in [3.8, 4) is 22.8 Å². The third-order valence-corrected chi connectivity index (χ3v) is 4.84. The summed E-state index contributed by atoms with van der Waals surface area (Å²) in [6.07, 6.45) is 2.41. The van der Waals surface area contributed by atoms with Crippen LogP contribution in [0.1, 0.15) is 12.8 Å². The van der Waals surface area contributed by atoms with E-state index in [1.165, 1.54) is 12.8 Å². The molecule has 2 aromatic carbocycles. The lowest BCUT2D eigenvalue weighted by atomic mass is 10.1. The highest BCUT2D eigenvalue weighted by Crippen LogP contribution is 2.35. The van der Waals surface area contributed by atoms with Gasteiger partial charge in [-0.15, -0.1) is 0 Å². The summed E-state index contributed by atoms with van der Waals surface area (Å²) in [7, 11) is 0. The highest BCUT2D eigenvalue weighted by molar-refractivity contribution is 5.67. The number of anilines is 3. The van der Waals surface area contributed by atoms with E-state index in [0.717, 1.165) is 47.4 Å². The molecule has 0 bridgehead atoms. The van der Waals surface area contributed by atoms with Crippen molar-refractivity contribution in [2.45, 2.75) is 12.8 Å². The third kappa shape index (κ3) is 3.26. The van der Waals surface area contributed by atoms with Gasteiger partial charge in [-0.3, -0.25) is 0 Å². The summed E-state index contributed by atoms with van der Waals surface area (Å²) in [6, 6.07) is 18.0. The molecule has 0 aliphatic carbocycles. The second kappa shape index (κ2) is 6.79. The van der Waals surface area contributed by atoms with Crippen LogP contribution in [0.25, 0.3) is 11.3 Å². The van der Waals surface area contributed by atoms with Crippen LogP contribution in [0.5, 0.6) is 11.5 Å². The smallest absolute Gasteiger partial charge is 0.231 e. The number of nitrogens with zero attached hydrogens (tertiary/aromatic N) is 3. The summed E-state index contributed by atoms with van der Waals surface area (Å²) in [5, 5.41) is 3.32. The second-order valence-electron chi connectivity index (χ2n) is 6.69. The molecule has 5 rings (SSSR count). The zero-order valence-corrected chi connectivity index (χ0v) is 14.9. The molecule has 2 aliphatic rings. The average Bonchev–Trinajstić information content (AvgIpc) is 3.40. The topological polar surface area (TPSA) is 59.5 Å². The van der Waals surface area contributed by atoms with Crippen LogP contribution >= 0.6 is 0 Å². The van der Waals surface area contributed by atoms with Crippen molar-refractivity contribution < 1.29 is 9.47 Å². The summed E-state index contributed by atoms with van der Waals surface area (Å²) in [5.74, 6) is 3.04. The summed E-state index contributed by atoms with van der Waals surface area (Å²) in [4.78, 5) is 11.8. The minimum Gasteiger partial charge on any atom is -0.454 e. The van der Waals surface area contributed by atoms with Crippen molar-refractivity contribution in [2.75, 3.05) is 30.1 Å². The molecular weight excluding hydrogens is 340 g/mol. The summed E-state index contributed by atoms with van der Waals surface area (Å²) < 4.78 is 10.8. The molecule has 6 nitrogen and oxygen atoms in total. The van der Waals surface area contributed by atoms with Gasteiger partial charge in [0.1, 0.15) is 5.82 Å². The van der Waals surface area contributed by atoms with Crippen LogP contribution < -0.4 is 19.7 Å². The lowest BCUT2D eigenvalue weighted by Gasteiger charge is -2.18. The molecule has 1 saturated heterocycles. The Kier molecular flexibility index (Phi) is 4.01. The van der Waals surface area contributed by atoms with E-state index in [4.69, 9.17) is 19.4 Å². The first-order valence-electron chi connectivity index (χ1n) is 9.21. The quantitative estimate of drug-likeness (QED) is 0.752. The van der Waals surface area contributed by atoms with Crippen molar-refractivity contribution in [1.29, 1.82) is 0 Å². The Morgan fingerprint density at radius 2 is 1.67 bits per heavy atom. The molecule has 27 heavy (non-hydrogen) atoms. The molecule has 1 aromatic heterocycles. The van der Waals surface area contributed by atoms with Gasteiger partial charge in [-0.1, -0.05) is 30.3 Å². The molecule has 1 N–H and O–H groups in total. The molecule has 0 radical (unpaired) electrons. The Balaban J connectivity index is 1.51. The van der Waals surface area contributed by atoms with Crippen LogP contribution in [-0.4, -0.2) is 29.9 Å². The van der Waals surface area contributed by atoms with E-state index in [1.807, 2.05) is 36.4 Å². The lowest BCUT2D eigenvalue weighted by molar-refractivity contribution is 0.174. The van der Waals surface area contributed by atoms with Crippen molar-refractivity contribution >= 4 is 17.5 Å². The largest absolute Gasteiger partial charge is 0.454 e. The first-order valence-corrected chi connectivity index (χ1v) is 9.21. The van der Waals surface area contributed by atoms with Crippen molar-refractivity contribution in [2.24, 2.45) is 0 Å². The Bertz CT molecular complexity index is 956. The highest BCUT2D eigenvalue weighted by atomic mass is 16.7. The van der Waals surface area contributed by atoms with Gasteiger partial charge in [0.2, 0.25) is 12.7 Å². The number of benzene rings is 2. The summed E-state index contributed by atoms with van der Waals surface area (Å²) in [6.45, 7) is 2.33. The highest BCUT2D eigenvalue weighted by Gasteiger charge is 2.18. The zero-order chi connectivity index (χ0) is 18.1. The van der Waals surface area contributed by atoms with Crippen LogP contribution in [0.15, 0.2) is 54.6 Å². The van der Waals surface area contributed by atoms with Crippen LogP contribution in [-0.2, 0) is 0 Å². The number of nitrogens with one attached hydrogen (secondary N) is 1. The normalized spacial score (nSPS) is 15.2. The van der Waals surface area contributed by atoms with Crippen LogP contribution in [0.4, 0.5) is 17.5 Å². The zero-order valence-electron chi connectivity index (χ0n) is 14.9. The van der Waals surface area contributed by atoms with E-state index >= 15 is 0 Å². The van der Waals surface area contributed by atoms with Gasteiger partial charge in [-0.25, -0.2) is 4.98 Å². The number of hydrogen-bond acceptors (Lipinski definition) is 6. The van der Waals surface area contributed by atoms with E-state index in [1.54, 1.807) is 0 Å². The van der Waals surface area contributed by atoms with Gasteiger partial charge in [-0.05, 0) is 25.0 Å². The maximum atomic E-state index is 5.46. The van der Waals surface area contributed by atoms with Gasteiger partial charge in [0.25, 0.3) is 0 Å². The maximum absolute atomic E-state index is 5.46. The van der Waals surface area contributed by atoms with E-state index in [0.29, 0.717) is 5.95 Å². The molecule has 0 saturated carbocycles. The Labute approximate surface area is 157 Å². The van der Waals surface area contributed by atoms with Gasteiger partial charge in [-0.2, -0.15) is 4.98 Å². The maximum Gasteiger partial charge on any atom is 0.231 e. The van der Waals surface area contributed by atoms with Crippen LogP contribution in [0, 0.1) is 0 Å². The van der Waals surface area contributed by atoms with Crippen molar-refractivity contribution in [3.05, 3.63) is 54.6 Å². The lowest BCUT2D eigenvalue weighted by Crippen LogP contribution is -2.19. The minimum absolute atomic E-state index is 0.262. The SMILES string of the molecule is c1ccc(-c2cc(N3CCCC3)nc(Nc3ccc4c(c3)OCO4)n2)cc1. The first kappa shape index (κ1) is 15.9. The van der Waals surface area contributed by atoms with Gasteiger partial charge in [0.15, 0.2) is 11.5 Å². The Hall–Kier alpha value is -3.28. The Morgan fingerprint density at radius 3 is 2.52 bits per heavy atom. The molecule has 3 heterocycles. The van der Waals surface area contributed by atoms with E-state index in [2.05, 4.69) is 28.4 Å². The molecule has 0 atom stereocenters. The van der Waals surface area contributed by atoms with Gasteiger partial charge in [0, 0.05) is 36.5 Å². The molecule has 1 fully saturated rings. The molecule has 6 heteroatoms. The molecule has 0 spiro atoms. The van der Waals surface area contributed by atoms with Gasteiger partial charge >= 0.3 is 0 Å². The van der Waals surface area contributed by atoms with E-state index in [9.17, 15) is 0 Å². The molecule has 136 valence electrons. The fourth-order valence-corrected chi connectivity index (χ4v) is 3.46. The molecule has 0 amide bonds. The minimum atomic E-state index is 0.262. The predicted molar refractivity (Wildman–Crippen MR) is 105 cm³/mol. The number of aromatic nitrogens is 2. The van der Waals surface area contributed by atoms with E-state index < -0.39 is 0 Å². The van der Waals surface area contributed by atoms with E-state index in [-0.39, 0.29) is 6.79 Å². The molecule has 0 unspecified atom stereocenters.